The first kappa shape index (κ1) is 22.4. The van der Waals surface area contributed by atoms with Crippen LogP contribution in [-0.4, -0.2) is 30.5 Å². The number of fused-ring (bicyclic) bond motifs is 1. The number of benzene rings is 2. The van der Waals surface area contributed by atoms with Crippen molar-refractivity contribution < 1.29 is 9.90 Å². The van der Waals surface area contributed by atoms with Crippen LogP contribution < -0.4 is 10.9 Å². The van der Waals surface area contributed by atoms with Gasteiger partial charge in [0.05, 0.1) is 29.8 Å². The second-order valence-corrected chi connectivity index (χ2v) is 8.94. The van der Waals surface area contributed by atoms with Gasteiger partial charge in [0.15, 0.2) is 5.82 Å². The van der Waals surface area contributed by atoms with E-state index in [0.717, 1.165) is 16.7 Å². The number of hydrogen-bond acceptors (Lipinski definition) is 7. The molecule has 1 amide bonds. The van der Waals surface area contributed by atoms with Gasteiger partial charge in [-0.1, -0.05) is 42.0 Å². The van der Waals surface area contributed by atoms with Crippen LogP contribution in [0.4, 0.5) is 5.69 Å². The molecule has 0 saturated heterocycles. The molecule has 0 unspecified atom stereocenters. The third kappa shape index (κ3) is 4.80. The predicted octanol–water partition coefficient (Wildman–Crippen LogP) is 4.62. The van der Waals surface area contributed by atoms with Gasteiger partial charge < -0.3 is 10.4 Å². The van der Waals surface area contributed by atoms with Gasteiger partial charge in [-0.2, -0.15) is 0 Å². The summed E-state index contributed by atoms with van der Waals surface area (Å²) in [5, 5.41) is 14.9. The molecule has 0 fully saturated rings. The Kier molecular flexibility index (Phi) is 6.07. The summed E-state index contributed by atoms with van der Waals surface area (Å²) in [6.45, 7) is 2.21. The van der Waals surface area contributed by atoms with Crippen molar-refractivity contribution in [3.63, 3.8) is 0 Å². The minimum atomic E-state index is -0.269. The largest absolute Gasteiger partial charge is 0.508 e. The summed E-state index contributed by atoms with van der Waals surface area (Å²) in [6.07, 6.45) is 4.58. The Morgan fingerprint density at radius 3 is 2.57 bits per heavy atom. The summed E-state index contributed by atoms with van der Waals surface area (Å²) < 4.78 is 1.47. The fraction of sp³-hybridized carbons (Fsp3) is 0.115. The average molecular weight is 484 g/mol. The van der Waals surface area contributed by atoms with Gasteiger partial charge in [-0.15, -0.1) is 11.3 Å². The van der Waals surface area contributed by atoms with Crippen LogP contribution in [0.3, 0.4) is 0 Å². The van der Waals surface area contributed by atoms with E-state index in [-0.39, 0.29) is 30.2 Å². The van der Waals surface area contributed by atoms with Gasteiger partial charge >= 0.3 is 0 Å². The van der Waals surface area contributed by atoms with Crippen molar-refractivity contribution in [1.82, 2.24) is 19.5 Å². The molecule has 2 N–H and O–H groups in total. The summed E-state index contributed by atoms with van der Waals surface area (Å²) in [7, 11) is 0. The summed E-state index contributed by atoms with van der Waals surface area (Å²) >= 11 is 1.43. The first-order chi connectivity index (χ1) is 17.0. The lowest BCUT2D eigenvalue weighted by molar-refractivity contribution is -0.116. The molecule has 5 rings (SSSR count). The van der Waals surface area contributed by atoms with Crippen molar-refractivity contribution in [3.05, 3.63) is 88.5 Å². The molecule has 2 aromatic carbocycles. The number of aryl methyl sites for hydroxylation is 2. The lowest BCUT2D eigenvalue weighted by atomic mass is 10.1. The lowest BCUT2D eigenvalue weighted by Gasteiger charge is -2.08. The maximum Gasteiger partial charge on any atom is 0.262 e. The highest BCUT2D eigenvalue weighted by Crippen LogP contribution is 2.30. The number of nitrogens with one attached hydrogen (secondary N) is 1. The Balaban J connectivity index is 1.28. The molecule has 0 aliphatic heterocycles. The number of phenolic OH excluding ortho intramolecular Hbond substituents is 1. The van der Waals surface area contributed by atoms with E-state index >= 15 is 0 Å². The zero-order valence-corrected chi connectivity index (χ0v) is 19.6. The van der Waals surface area contributed by atoms with Crippen LogP contribution in [0, 0.1) is 6.92 Å². The minimum absolute atomic E-state index is 0.0887. The molecule has 3 heterocycles. The van der Waals surface area contributed by atoms with Gasteiger partial charge in [0.2, 0.25) is 5.91 Å². The van der Waals surface area contributed by atoms with Gasteiger partial charge in [0, 0.05) is 29.5 Å². The molecular weight excluding hydrogens is 462 g/mol. The number of amides is 1. The van der Waals surface area contributed by atoms with E-state index in [4.69, 9.17) is 0 Å². The third-order valence-electron chi connectivity index (χ3n) is 5.54. The Morgan fingerprint density at radius 2 is 1.83 bits per heavy atom. The number of rotatable bonds is 6. The molecule has 0 radical (unpaired) electrons. The molecule has 0 aliphatic rings. The zero-order chi connectivity index (χ0) is 24.4. The van der Waals surface area contributed by atoms with E-state index < -0.39 is 0 Å². The second kappa shape index (κ2) is 9.47. The fourth-order valence-corrected chi connectivity index (χ4v) is 4.61. The summed E-state index contributed by atoms with van der Waals surface area (Å²) in [6, 6.07) is 14.6. The molecule has 174 valence electrons. The minimum Gasteiger partial charge on any atom is -0.508 e. The van der Waals surface area contributed by atoms with Crippen LogP contribution in [-0.2, 0) is 11.3 Å². The summed E-state index contributed by atoms with van der Waals surface area (Å²) in [5.41, 5.74) is 3.91. The van der Waals surface area contributed by atoms with Crippen LogP contribution in [0.25, 0.3) is 32.7 Å². The molecule has 35 heavy (non-hydrogen) atoms. The Hall–Kier alpha value is -4.37. The van der Waals surface area contributed by atoms with E-state index in [0.29, 0.717) is 27.3 Å². The van der Waals surface area contributed by atoms with Crippen LogP contribution >= 0.6 is 11.3 Å². The molecule has 0 spiro atoms. The Morgan fingerprint density at radius 1 is 1.06 bits per heavy atom. The van der Waals surface area contributed by atoms with E-state index in [2.05, 4.69) is 20.3 Å². The number of phenols is 1. The third-order valence-corrected chi connectivity index (χ3v) is 6.43. The molecule has 9 heteroatoms. The van der Waals surface area contributed by atoms with Crippen molar-refractivity contribution >= 4 is 33.1 Å². The molecule has 0 aliphatic carbocycles. The topological polar surface area (TPSA) is 110 Å². The smallest absolute Gasteiger partial charge is 0.262 e. The van der Waals surface area contributed by atoms with Gasteiger partial charge in [0.25, 0.3) is 5.56 Å². The zero-order valence-electron chi connectivity index (χ0n) is 18.8. The lowest BCUT2D eigenvalue weighted by Crippen LogP contribution is -2.23. The standard InChI is InChI=1S/C26H21N5O3S/c1-16-5-7-17(8-6-16)21-14-35-25-23(21)26(34)31(15-29-25)10-9-22(33)30-19-12-27-24(28-13-19)18-3-2-4-20(32)11-18/h2-8,11-15,32H,9-10H2,1H3,(H,30,33). The number of nitrogens with zero attached hydrogens (tertiary/aromatic N) is 4. The molecule has 0 bridgehead atoms. The number of aromatic hydroxyl groups is 1. The fourth-order valence-electron chi connectivity index (χ4n) is 3.70. The Bertz CT molecular complexity index is 1570. The van der Waals surface area contributed by atoms with Gasteiger partial charge in [-0.25, -0.2) is 15.0 Å². The SMILES string of the molecule is Cc1ccc(-c2csc3ncn(CCC(=O)Nc4cnc(-c5cccc(O)c5)nc4)c(=O)c23)cc1. The van der Waals surface area contributed by atoms with E-state index in [1.165, 1.54) is 34.6 Å². The number of aromatic nitrogens is 4. The molecule has 0 saturated carbocycles. The van der Waals surface area contributed by atoms with Gasteiger partial charge in [-0.3, -0.25) is 14.2 Å². The van der Waals surface area contributed by atoms with E-state index in [1.807, 2.05) is 36.6 Å². The van der Waals surface area contributed by atoms with Crippen molar-refractivity contribution in [2.24, 2.45) is 0 Å². The summed E-state index contributed by atoms with van der Waals surface area (Å²) in [4.78, 5) is 39.3. The molecular formula is C26H21N5O3S. The highest BCUT2D eigenvalue weighted by molar-refractivity contribution is 7.17. The highest BCUT2D eigenvalue weighted by Gasteiger charge is 2.14. The van der Waals surface area contributed by atoms with Crippen molar-refractivity contribution in [2.45, 2.75) is 19.9 Å². The van der Waals surface area contributed by atoms with Crippen LogP contribution in [0.5, 0.6) is 5.75 Å². The Labute approximate surface area is 204 Å². The highest BCUT2D eigenvalue weighted by atomic mass is 32.1. The van der Waals surface area contributed by atoms with Crippen molar-refractivity contribution in [1.29, 1.82) is 0 Å². The van der Waals surface area contributed by atoms with Gasteiger partial charge in [-0.05, 0) is 24.6 Å². The normalized spacial score (nSPS) is 11.0. The van der Waals surface area contributed by atoms with Crippen LogP contribution in [0.2, 0.25) is 0 Å². The van der Waals surface area contributed by atoms with Crippen LogP contribution in [0.15, 0.2) is 77.4 Å². The number of carbonyl (C=O) groups excluding carboxylic acids is 1. The maximum absolute atomic E-state index is 13.2. The molecule has 0 atom stereocenters. The number of hydrogen-bond donors (Lipinski definition) is 2. The molecule has 5 aromatic rings. The predicted molar refractivity (Wildman–Crippen MR) is 136 cm³/mol. The number of anilines is 1. The van der Waals surface area contributed by atoms with E-state index in [9.17, 15) is 14.7 Å². The monoisotopic (exact) mass is 483 g/mol. The van der Waals surface area contributed by atoms with E-state index in [1.54, 1.807) is 24.3 Å². The summed E-state index contributed by atoms with van der Waals surface area (Å²) in [5.74, 6) is 0.291. The average Bonchev–Trinajstić information content (AvgIpc) is 3.30. The number of carbonyl (C=O) groups is 1. The second-order valence-electron chi connectivity index (χ2n) is 8.08. The van der Waals surface area contributed by atoms with Crippen molar-refractivity contribution in [2.75, 3.05) is 5.32 Å². The molecule has 8 nitrogen and oxygen atoms in total. The quantitative estimate of drug-likeness (QED) is 0.365. The first-order valence-corrected chi connectivity index (χ1v) is 11.8. The maximum atomic E-state index is 13.2. The van der Waals surface area contributed by atoms with Gasteiger partial charge in [0.1, 0.15) is 10.6 Å². The molecule has 3 aromatic heterocycles. The number of thiophene rings is 1. The van der Waals surface area contributed by atoms with Crippen molar-refractivity contribution in [3.8, 4) is 28.3 Å². The van der Waals surface area contributed by atoms with Crippen LogP contribution in [0.1, 0.15) is 12.0 Å². The first-order valence-electron chi connectivity index (χ1n) is 10.9.